The molecule has 35 heavy (non-hydrogen) atoms. The summed E-state index contributed by atoms with van der Waals surface area (Å²) in [5.41, 5.74) is 4.42. The Kier molecular flexibility index (Phi) is 7.98. The van der Waals surface area contributed by atoms with E-state index in [0.717, 1.165) is 9.87 Å². The van der Waals surface area contributed by atoms with Crippen LogP contribution in [0.1, 0.15) is 37.8 Å². The fourth-order valence-corrected chi connectivity index (χ4v) is 4.72. The van der Waals surface area contributed by atoms with Crippen LogP contribution in [0.2, 0.25) is 0 Å². The molecule has 0 saturated heterocycles. The van der Waals surface area contributed by atoms with Gasteiger partial charge in [0.05, 0.1) is 21.2 Å². The third kappa shape index (κ3) is 6.30. The van der Waals surface area contributed by atoms with Gasteiger partial charge in [0.15, 0.2) is 0 Å². The molecule has 0 unspecified atom stereocenters. The van der Waals surface area contributed by atoms with Gasteiger partial charge in [-0.2, -0.15) is 5.10 Å². The Morgan fingerprint density at radius 3 is 2.29 bits per heavy atom. The molecular formula is C25H26N4O5S. The zero-order valence-corrected chi connectivity index (χ0v) is 20.4. The van der Waals surface area contributed by atoms with Crippen molar-refractivity contribution in [1.29, 1.82) is 0 Å². The molecule has 0 spiro atoms. The topological polar surface area (TPSA) is 122 Å². The number of carbonyl (C=O) groups excluding carboxylic acids is 1. The van der Waals surface area contributed by atoms with Crippen LogP contribution in [0.25, 0.3) is 0 Å². The minimum atomic E-state index is -4.04. The van der Waals surface area contributed by atoms with Crippen molar-refractivity contribution in [3.05, 3.63) is 100 Å². The molecule has 182 valence electrons. The summed E-state index contributed by atoms with van der Waals surface area (Å²) < 4.78 is 27.8. The van der Waals surface area contributed by atoms with E-state index in [2.05, 4.69) is 10.5 Å². The number of carbonyl (C=O) groups is 1. The Hall–Kier alpha value is -4.05. The highest BCUT2D eigenvalue weighted by molar-refractivity contribution is 7.92. The number of amides is 1. The summed E-state index contributed by atoms with van der Waals surface area (Å²) in [7, 11) is -4.04. The summed E-state index contributed by atoms with van der Waals surface area (Å²) >= 11 is 0. The van der Waals surface area contributed by atoms with Crippen LogP contribution in [0, 0.1) is 10.1 Å². The number of benzene rings is 3. The molecule has 0 aliphatic heterocycles. The number of hydrogen-bond acceptors (Lipinski definition) is 6. The fourth-order valence-electron chi connectivity index (χ4n) is 3.28. The molecular weight excluding hydrogens is 468 g/mol. The molecule has 3 aromatic rings. The summed E-state index contributed by atoms with van der Waals surface area (Å²) in [5, 5.41) is 15.0. The predicted molar refractivity (Wildman–Crippen MR) is 135 cm³/mol. The van der Waals surface area contributed by atoms with Gasteiger partial charge < -0.3 is 0 Å². The highest BCUT2D eigenvalue weighted by Gasteiger charge is 2.27. The second kappa shape index (κ2) is 10.9. The number of nitro groups is 1. The molecule has 3 aromatic carbocycles. The zero-order valence-electron chi connectivity index (χ0n) is 19.6. The van der Waals surface area contributed by atoms with E-state index in [1.165, 1.54) is 30.3 Å². The van der Waals surface area contributed by atoms with Gasteiger partial charge in [-0.25, -0.2) is 13.8 Å². The molecule has 0 aliphatic carbocycles. The van der Waals surface area contributed by atoms with E-state index in [-0.39, 0.29) is 16.5 Å². The van der Waals surface area contributed by atoms with Gasteiger partial charge in [-0.3, -0.25) is 19.2 Å². The third-order valence-electron chi connectivity index (χ3n) is 5.29. The van der Waals surface area contributed by atoms with Crippen LogP contribution in [-0.2, 0) is 14.8 Å². The van der Waals surface area contributed by atoms with E-state index in [9.17, 15) is 23.3 Å². The molecule has 0 aliphatic rings. The van der Waals surface area contributed by atoms with Crippen LogP contribution in [0.3, 0.4) is 0 Å². The van der Waals surface area contributed by atoms with E-state index < -0.39 is 27.4 Å². The number of hydrazone groups is 1. The number of hydrogen-bond donors (Lipinski definition) is 1. The summed E-state index contributed by atoms with van der Waals surface area (Å²) in [4.78, 5) is 23.3. The van der Waals surface area contributed by atoms with Crippen LogP contribution in [0.5, 0.6) is 0 Å². The SMILES string of the molecule is C/C(=N/NC(=O)CN(c1ccc(C(C)C)cc1)S(=O)(=O)c1ccccc1)c1cccc([N+](=O)[O-])c1. The van der Waals surface area contributed by atoms with Crippen molar-refractivity contribution in [1.82, 2.24) is 5.43 Å². The normalized spacial score (nSPS) is 11.8. The maximum absolute atomic E-state index is 13.4. The highest BCUT2D eigenvalue weighted by Crippen LogP contribution is 2.25. The van der Waals surface area contributed by atoms with Crippen molar-refractivity contribution in [2.45, 2.75) is 31.6 Å². The van der Waals surface area contributed by atoms with Crippen molar-refractivity contribution in [2.24, 2.45) is 5.10 Å². The number of nitro benzene ring substituents is 1. The van der Waals surface area contributed by atoms with Gasteiger partial charge in [-0.1, -0.05) is 56.3 Å². The van der Waals surface area contributed by atoms with Crippen molar-refractivity contribution in [3.63, 3.8) is 0 Å². The van der Waals surface area contributed by atoms with E-state index in [1.54, 1.807) is 43.3 Å². The van der Waals surface area contributed by atoms with Crippen molar-refractivity contribution < 1.29 is 18.1 Å². The van der Waals surface area contributed by atoms with Crippen LogP contribution in [-0.4, -0.2) is 31.5 Å². The third-order valence-corrected chi connectivity index (χ3v) is 7.08. The van der Waals surface area contributed by atoms with Gasteiger partial charge in [-0.05, 0) is 42.7 Å². The lowest BCUT2D eigenvalue weighted by Crippen LogP contribution is -2.39. The number of nitrogens with zero attached hydrogens (tertiary/aromatic N) is 3. The molecule has 1 amide bonds. The first-order valence-electron chi connectivity index (χ1n) is 10.9. The monoisotopic (exact) mass is 494 g/mol. The van der Waals surface area contributed by atoms with Crippen LogP contribution >= 0.6 is 0 Å². The van der Waals surface area contributed by atoms with Crippen LogP contribution in [0.4, 0.5) is 11.4 Å². The fraction of sp³-hybridized carbons (Fsp3) is 0.200. The zero-order chi connectivity index (χ0) is 25.6. The first-order valence-corrected chi connectivity index (χ1v) is 12.3. The van der Waals surface area contributed by atoms with Gasteiger partial charge in [0.25, 0.3) is 21.6 Å². The second-order valence-corrected chi connectivity index (χ2v) is 9.97. The van der Waals surface area contributed by atoms with E-state index in [1.807, 2.05) is 26.0 Å². The minimum absolute atomic E-state index is 0.0528. The number of sulfonamides is 1. The Labute approximate surface area is 204 Å². The lowest BCUT2D eigenvalue weighted by molar-refractivity contribution is -0.384. The smallest absolute Gasteiger partial charge is 0.270 e. The molecule has 0 heterocycles. The quantitative estimate of drug-likeness (QED) is 0.267. The Morgan fingerprint density at radius 1 is 1.03 bits per heavy atom. The first kappa shape index (κ1) is 25.6. The maximum Gasteiger partial charge on any atom is 0.270 e. The molecule has 0 fully saturated rings. The van der Waals surface area contributed by atoms with Gasteiger partial charge in [-0.15, -0.1) is 0 Å². The average molecular weight is 495 g/mol. The first-order chi connectivity index (χ1) is 16.6. The molecule has 0 radical (unpaired) electrons. The lowest BCUT2D eigenvalue weighted by atomic mass is 10.0. The van der Waals surface area contributed by atoms with E-state index in [4.69, 9.17) is 0 Å². The summed E-state index contributed by atoms with van der Waals surface area (Å²) in [6.07, 6.45) is 0. The van der Waals surface area contributed by atoms with Gasteiger partial charge >= 0.3 is 0 Å². The molecule has 0 atom stereocenters. The van der Waals surface area contributed by atoms with Crippen molar-refractivity contribution >= 4 is 33.0 Å². The van der Waals surface area contributed by atoms with E-state index in [0.29, 0.717) is 17.0 Å². The standard InChI is InChI=1S/C25H26N4O5S/c1-18(2)20-12-14-22(15-13-20)28(35(33,34)24-10-5-4-6-11-24)17-25(30)27-26-19(3)21-8-7-9-23(16-21)29(31)32/h4-16,18H,17H2,1-3H3,(H,27,30)/b26-19-. The molecule has 1 N–H and O–H groups in total. The molecule has 9 nitrogen and oxygen atoms in total. The largest absolute Gasteiger partial charge is 0.271 e. The minimum Gasteiger partial charge on any atom is -0.271 e. The Morgan fingerprint density at radius 2 is 1.69 bits per heavy atom. The number of nitrogens with one attached hydrogen (secondary N) is 1. The van der Waals surface area contributed by atoms with Crippen LogP contribution < -0.4 is 9.73 Å². The predicted octanol–water partition coefficient (Wildman–Crippen LogP) is 4.45. The lowest BCUT2D eigenvalue weighted by Gasteiger charge is -2.24. The van der Waals surface area contributed by atoms with Gasteiger partial charge in [0.1, 0.15) is 6.54 Å². The number of anilines is 1. The Bertz CT molecular complexity index is 1340. The number of rotatable bonds is 9. The Balaban J connectivity index is 1.87. The van der Waals surface area contributed by atoms with E-state index >= 15 is 0 Å². The molecule has 0 saturated carbocycles. The molecule has 3 rings (SSSR count). The van der Waals surface area contributed by atoms with Gasteiger partial charge in [0, 0.05) is 17.7 Å². The molecule has 0 aromatic heterocycles. The number of non-ortho nitro benzene ring substituents is 1. The maximum atomic E-state index is 13.4. The highest BCUT2D eigenvalue weighted by atomic mass is 32.2. The molecule has 10 heteroatoms. The van der Waals surface area contributed by atoms with Gasteiger partial charge in [0.2, 0.25) is 0 Å². The van der Waals surface area contributed by atoms with Crippen molar-refractivity contribution in [2.75, 3.05) is 10.8 Å². The summed E-state index contributed by atoms with van der Waals surface area (Å²) in [6, 6.07) is 20.7. The second-order valence-electron chi connectivity index (χ2n) is 8.11. The average Bonchev–Trinajstić information content (AvgIpc) is 2.86. The van der Waals surface area contributed by atoms with Crippen LogP contribution in [0.15, 0.2) is 88.9 Å². The summed E-state index contributed by atoms with van der Waals surface area (Å²) in [6.45, 7) is 5.14. The van der Waals surface area contributed by atoms with Crippen molar-refractivity contribution in [3.8, 4) is 0 Å². The summed E-state index contributed by atoms with van der Waals surface area (Å²) in [5.74, 6) is -0.403. The molecule has 0 bridgehead atoms.